The van der Waals surface area contributed by atoms with Crippen molar-refractivity contribution >= 4 is 5.97 Å². The molecule has 0 N–H and O–H groups in total. The lowest BCUT2D eigenvalue weighted by Crippen LogP contribution is -2.10. The van der Waals surface area contributed by atoms with Crippen LogP contribution in [-0.2, 0) is 4.74 Å². The molecule has 1 fully saturated rings. The first-order valence-corrected chi connectivity index (χ1v) is 5.92. The molecule has 0 unspecified atom stereocenters. The van der Waals surface area contributed by atoms with E-state index < -0.39 is 0 Å². The Hall–Kier alpha value is -1.25. The van der Waals surface area contributed by atoms with Crippen LogP contribution in [0.5, 0.6) is 0 Å². The molecule has 1 aromatic heterocycles. The Labute approximate surface area is 96.4 Å². The zero-order valence-electron chi connectivity index (χ0n) is 10.2. The zero-order valence-corrected chi connectivity index (χ0v) is 10.2. The maximum Gasteiger partial charge on any atom is 0.339 e. The number of carbonyl (C=O) groups excluding carboxylic acids is 1. The van der Waals surface area contributed by atoms with Gasteiger partial charge < -0.3 is 9.30 Å². The normalized spacial score (nSPS) is 16.7. The molecule has 3 heteroatoms. The molecule has 0 radical (unpaired) electrons. The SMILES string of the molecule is COC(=O)c1cc(C)n(C2CCCC2)c1C. The molecule has 0 saturated heterocycles. The Morgan fingerprint density at radius 2 is 2.00 bits per heavy atom. The van der Waals surface area contributed by atoms with Crippen LogP contribution in [0.15, 0.2) is 6.07 Å². The number of aryl methyl sites for hydroxylation is 1. The van der Waals surface area contributed by atoms with Crippen molar-refractivity contribution in [1.82, 2.24) is 4.57 Å². The minimum absolute atomic E-state index is 0.225. The molecule has 1 heterocycles. The minimum Gasteiger partial charge on any atom is -0.465 e. The molecule has 3 nitrogen and oxygen atoms in total. The van der Waals surface area contributed by atoms with Gasteiger partial charge in [-0.25, -0.2) is 4.79 Å². The fourth-order valence-corrected chi connectivity index (χ4v) is 2.82. The third-order valence-corrected chi connectivity index (χ3v) is 3.58. The average molecular weight is 221 g/mol. The summed E-state index contributed by atoms with van der Waals surface area (Å²) in [6, 6.07) is 2.53. The van der Waals surface area contributed by atoms with Crippen LogP contribution in [0.3, 0.4) is 0 Å². The molecule has 0 aromatic carbocycles. The number of nitrogens with zero attached hydrogens (tertiary/aromatic N) is 1. The second kappa shape index (κ2) is 4.32. The average Bonchev–Trinajstić information content (AvgIpc) is 2.86. The van der Waals surface area contributed by atoms with E-state index >= 15 is 0 Å². The summed E-state index contributed by atoms with van der Waals surface area (Å²) in [7, 11) is 1.43. The monoisotopic (exact) mass is 221 g/mol. The molecule has 1 aromatic rings. The molecule has 0 spiro atoms. The molecule has 0 amide bonds. The van der Waals surface area contributed by atoms with Crippen LogP contribution in [0, 0.1) is 13.8 Å². The fourth-order valence-electron chi connectivity index (χ4n) is 2.82. The van der Waals surface area contributed by atoms with Crippen LogP contribution in [0.25, 0.3) is 0 Å². The summed E-state index contributed by atoms with van der Waals surface area (Å²) >= 11 is 0. The Balaban J connectivity index is 2.38. The highest BCUT2D eigenvalue weighted by Crippen LogP contribution is 2.33. The van der Waals surface area contributed by atoms with E-state index in [1.807, 2.05) is 13.0 Å². The lowest BCUT2D eigenvalue weighted by Gasteiger charge is -2.17. The van der Waals surface area contributed by atoms with Gasteiger partial charge in [0.15, 0.2) is 0 Å². The van der Waals surface area contributed by atoms with Gasteiger partial charge in [0.25, 0.3) is 0 Å². The number of carbonyl (C=O) groups is 1. The van der Waals surface area contributed by atoms with Crippen LogP contribution >= 0.6 is 0 Å². The van der Waals surface area contributed by atoms with Crippen molar-refractivity contribution in [3.8, 4) is 0 Å². The summed E-state index contributed by atoms with van der Waals surface area (Å²) in [6.07, 6.45) is 5.07. The van der Waals surface area contributed by atoms with Crippen molar-refractivity contribution in [2.75, 3.05) is 7.11 Å². The van der Waals surface area contributed by atoms with Gasteiger partial charge in [0, 0.05) is 17.4 Å². The smallest absolute Gasteiger partial charge is 0.339 e. The molecule has 0 bridgehead atoms. The second-order valence-electron chi connectivity index (χ2n) is 4.58. The van der Waals surface area contributed by atoms with Gasteiger partial charge in [-0.3, -0.25) is 0 Å². The fraction of sp³-hybridized carbons (Fsp3) is 0.615. The standard InChI is InChI=1S/C13H19NO2/c1-9-8-12(13(15)16-3)10(2)14(9)11-6-4-5-7-11/h8,11H,4-7H2,1-3H3. The van der Waals surface area contributed by atoms with E-state index in [1.165, 1.54) is 38.5 Å². The van der Waals surface area contributed by atoms with Crippen molar-refractivity contribution < 1.29 is 9.53 Å². The summed E-state index contributed by atoms with van der Waals surface area (Å²) in [5, 5.41) is 0. The molecule has 1 aliphatic rings. The van der Waals surface area contributed by atoms with E-state index in [4.69, 9.17) is 4.74 Å². The quantitative estimate of drug-likeness (QED) is 0.719. The number of rotatable bonds is 2. The molecule has 1 saturated carbocycles. The predicted octanol–water partition coefficient (Wildman–Crippen LogP) is 3.01. The van der Waals surface area contributed by atoms with E-state index in [0.29, 0.717) is 11.6 Å². The number of hydrogen-bond acceptors (Lipinski definition) is 2. The second-order valence-corrected chi connectivity index (χ2v) is 4.58. The van der Waals surface area contributed by atoms with Gasteiger partial charge in [-0.1, -0.05) is 12.8 Å². The van der Waals surface area contributed by atoms with Gasteiger partial charge in [-0.15, -0.1) is 0 Å². The summed E-state index contributed by atoms with van der Waals surface area (Å²) in [5.74, 6) is -0.225. The van der Waals surface area contributed by atoms with Gasteiger partial charge in [-0.2, -0.15) is 0 Å². The zero-order chi connectivity index (χ0) is 11.7. The van der Waals surface area contributed by atoms with Crippen molar-refractivity contribution in [3.63, 3.8) is 0 Å². The van der Waals surface area contributed by atoms with E-state index in [0.717, 1.165) is 5.69 Å². The van der Waals surface area contributed by atoms with Gasteiger partial charge in [0.2, 0.25) is 0 Å². The molecule has 0 atom stereocenters. The number of hydrogen-bond donors (Lipinski definition) is 0. The van der Waals surface area contributed by atoms with Crippen molar-refractivity contribution in [2.24, 2.45) is 0 Å². The van der Waals surface area contributed by atoms with Crippen molar-refractivity contribution in [2.45, 2.75) is 45.6 Å². The van der Waals surface area contributed by atoms with Gasteiger partial charge in [-0.05, 0) is 32.8 Å². The molecule has 0 aliphatic heterocycles. The third kappa shape index (κ3) is 1.75. The molecular weight excluding hydrogens is 202 g/mol. The number of ether oxygens (including phenoxy) is 1. The van der Waals surface area contributed by atoms with Crippen LogP contribution in [0.1, 0.15) is 53.5 Å². The van der Waals surface area contributed by atoms with Gasteiger partial charge >= 0.3 is 5.97 Å². The van der Waals surface area contributed by atoms with Crippen LogP contribution in [0.2, 0.25) is 0 Å². The third-order valence-electron chi connectivity index (χ3n) is 3.58. The van der Waals surface area contributed by atoms with Gasteiger partial charge in [0.1, 0.15) is 0 Å². The van der Waals surface area contributed by atoms with Crippen LogP contribution < -0.4 is 0 Å². The van der Waals surface area contributed by atoms with E-state index in [9.17, 15) is 4.79 Å². The maximum absolute atomic E-state index is 11.6. The highest BCUT2D eigenvalue weighted by Gasteiger charge is 2.23. The predicted molar refractivity (Wildman–Crippen MR) is 62.8 cm³/mol. The highest BCUT2D eigenvalue weighted by atomic mass is 16.5. The first kappa shape index (κ1) is 11.2. The highest BCUT2D eigenvalue weighted by molar-refractivity contribution is 5.91. The summed E-state index contributed by atoms with van der Waals surface area (Å²) in [6.45, 7) is 4.08. The summed E-state index contributed by atoms with van der Waals surface area (Å²) in [4.78, 5) is 11.6. The number of aromatic nitrogens is 1. The summed E-state index contributed by atoms with van der Waals surface area (Å²) in [5.41, 5.74) is 2.94. The van der Waals surface area contributed by atoms with E-state index in [1.54, 1.807) is 0 Å². The van der Waals surface area contributed by atoms with E-state index in [-0.39, 0.29) is 5.97 Å². The first-order chi connectivity index (χ1) is 7.65. The maximum atomic E-state index is 11.6. The minimum atomic E-state index is -0.225. The lowest BCUT2D eigenvalue weighted by atomic mass is 10.2. The van der Waals surface area contributed by atoms with E-state index in [2.05, 4.69) is 11.5 Å². The first-order valence-electron chi connectivity index (χ1n) is 5.92. The number of methoxy groups -OCH3 is 1. The molecule has 88 valence electrons. The molecule has 16 heavy (non-hydrogen) atoms. The Kier molecular flexibility index (Phi) is 3.03. The molecular formula is C13H19NO2. The Bertz CT molecular complexity index is 400. The molecule has 2 rings (SSSR count). The topological polar surface area (TPSA) is 31.2 Å². The Morgan fingerprint density at radius 3 is 2.56 bits per heavy atom. The van der Waals surface area contributed by atoms with Crippen molar-refractivity contribution in [1.29, 1.82) is 0 Å². The van der Waals surface area contributed by atoms with Crippen LogP contribution in [0.4, 0.5) is 0 Å². The summed E-state index contributed by atoms with van der Waals surface area (Å²) < 4.78 is 7.10. The van der Waals surface area contributed by atoms with Crippen molar-refractivity contribution in [3.05, 3.63) is 23.0 Å². The lowest BCUT2D eigenvalue weighted by molar-refractivity contribution is 0.0599. The largest absolute Gasteiger partial charge is 0.465 e. The van der Waals surface area contributed by atoms with Crippen LogP contribution in [-0.4, -0.2) is 17.6 Å². The van der Waals surface area contributed by atoms with Gasteiger partial charge in [0.05, 0.1) is 12.7 Å². The Morgan fingerprint density at radius 1 is 1.38 bits per heavy atom. The molecule has 1 aliphatic carbocycles. The number of esters is 1.